The Hall–Kier alpha value is -0.710. The molecule has 0 heterocycles. The molecular formula is C23H38O3S. The number of methoxy groups -OCH3 is 1. The molecule has 6 atom stereocenters. The van der Waals surface area contributed by atoms with E-state index in [9.17, 15) is 10.2 Å². The number of fused-ring (bicyclic) bond motifs is 5. The van der Waals surface area contributed by atoms with Crippen LogP contribution in [-0.2, 0) is 4.74 Å². The minimum absolute atomic E-state index is 0.104. The Bertz CT molecular complexity index is 605. The molecule has 2 N–H and O–H groups in total. The minimum atomic E-state index is -0.129. The fourth-order valence-corrected chi connectivity index (χ4v) is 6.04. The summed E-state index contributed by atoms with van der Waals surface area (Å²) in [6, 6.07) is 5.92. The van der Waals surface area contributed by atoms with Crippen molar-refractivity contribution in [2.24, 2.45) is 17.3 Å². The van der Waals surface area contributed by atoms with Crippen LogP contribution in [0.3, 0.4) is 0 Å². The van der Waals surface area contributed by atoms with Crippen LogP contribution in [0.1, 0.15) is 75.8 Å². The zero-order valence-corrected chi connectivity index (χ0v) is 18.5. The van der Waals surface area contributed by atoms with Crippen molar-refractivity contribution in [2.45, 2.75) is 70.8 Å². The van der Waals surface area contributed by atoms with Gasteiger partial charge in [-0.3, -0.25) is 0 Å². The molecule has 0 amide bonds. The lowest BCUT2D eigenvalue weighted by molar-refractivity contribution is -0.0273. The first kappa shape index (κ1) is 22.6. The fourth-order valence-electron chi connectivity index (χ4n) is 6.04. The summed E-state index contributed by atoms with van der Waals surface area (Å²) in [5.41, 5.74) is 2.81. The lowest BCUT2D eigenvalue weighted by atomic mass is 9.54. The van der Waals surface area contributed by atoms with Crippen LogP contribution >= 0.6 is 12.6 Å². The molecule has 4 rings (SSSR count). The summed E-state index contributed by atoms with van der Waals surface area (Å²) >= 11 is 3.53. The Morgan fingerprint density at radius 3 is 2.52 bits per heavy atom. The molecular weight excluding hydrogens is 356 g/mol. The van der Waals surface area contributed by atoms with Crippen LogP contribution in [-0.4, -0.2) is 36.3 Å². The van der Waals surface area contributed by atoms with Gasteiger partial charge in [-0.15, -0.1) is 0 Å². The molecule has 0 radical (unpaired) electrons. The molecule has 0 aromatic heterocycles. The predicted molar refractivity (Wildman–Crippen MR) is 116 cm³/mol. The first-order valence-corrected chi connectivity index (χ1v) is 11.4. The standard InChI is InChI=1S/C20H28O3.C2H6.CH4S/c1-20-8-7-15-14-4-3-13(21)10-16(14)12(11-23-2)9-17(15)18(20)5-6-19(20)22;2*1-2/h3-4,10,12,15,17-19,21-22H,5-9,11H2,1-2H3;1-2H3;2H,1H3. The molecule has 6 unspecified atom stereocenters. The highest BCUT2D eigenvalue weighted by Crippen LogP contribution is 2.62. The van der Waals surface area contributed by atoms with Gasteiger partial charge >= 0.3 is 0 Å². The Balaban J connectivity index is 0.000000614. The highest BCUT2D eigenvalue weighted by Gasteiger charge is 2.55. The van der Waals surface area contributed by atoms with Gasteiger partial charge in [0.05, 0.1) is 12.7 Å². The smallest absolute Gasteiger partial charge is 0.115 e. The van der Waals surface area contributed by atoms with Crippen molar-refractivity contribution in [3.05, 3.63) is 29.3 Å². The SMILES string of the molecule is CC.COCC1CC2C(CCC3(C)C(O)CCC23)c2ccc(O)cc21.CS. The number of hydrogen-bond acceptors (Lipinski definition) is 4. The van der Waals surface area contributed by atoms with Gasteiger partial charge in [-0.25, -0.2) is 0 Å². The highest BCUT2D eigenvalue weighted by molar-refractivity contribution is 7.79. The topological polar surface area (TPSA) is 49.7 Å². The number of thiol groups is 1. The van der Waals surface area contributed by atoms with E-state index in [1.165, 1.54) is 11.1 Å². The number of rotatable bonds is 2. The number of ether oxygens (including phenoxy) is 1. The number of benzene rings is 1. The molecule has 3 aliphatic rings. The molecule has 27 heavy (non-hydrogen) atoms. The third-order valence-electron chi connectivity index (χ3n) is 7.22. The van der Waals surface area contributed by atoms with Crippen LogP contribution in [0.5, 0.6) is 5.75 Å². The number of aliphatic hydroxyl groups excluding tert-OH is 1. The van der Waals surface area contributed by atoms with E-state index in [0.717, 1.165) is 32.1 Å². The van der Waals surface area contributed by atoms with Gasteiger partial charge in [0, 0.05) is 13.0 Å². The van der Waals surface area contributed by atoms with Gasteiger partial charge in [0.1, 0.15) is 5.75 Å². The van der Waals surface area contributed by atoms with E-state index in [1.807, 2.05) is 26.0 Å². The first-order valence-electron chi connectivity index (χ1n) is 10.5. The van der Waals surface area contributed by atoms with E-state index in [4.69, 9.17) is 4.74 Å². The molecule has 3 nitrogen and oxygen atoms in total. The summed E-state index contributed by atoms with van der Waals surface area (Å²) < 4.78 is 5.48. The van der Waals surface area contributed by atoms with Crippen LogP contribution < -0.4 is 0 Å². The normalized spacial score (nSPS) is 36.2. The number of aliphatic hydroxyl groups is 1. The van der Waals surface area contributed by atoms with Gasteiger partial charge < -0.3 is 14.9 Å². The molecule has 3 aliphatic carbocycles. The molecule has 1 aromatic rings. The van der Waals surface area contributed by atoms with Crippen LogP contribution in [0.15, 0.2) is 18.2 Å². The second-order valence-corrected chi connectivity index (χ2v) is 8.22. The third kappa shape index (κ3) is 4.04. The van der Waals surface area contributed by atoms with Crippen molar-refractivity contribution in [3.8, 4) is 5.75 Å². The van der Waals surface area contributed by atoms with Crippen molar-refractivity contribution in [3.63, 3.8) is 0 Å². The zero-order valence-electron chi connectivity index (χ0n) is 17.6. The fraction of sp³-hybridized carbons (Fsp3) is 0.739. The van der Waals surface area contributed by atoms with E-state index >= 15 is 0 Å². The van der Waals surface area contributed by atoms with Crippen molar-refractivity contribution in [2.75, 3.05) is 20.0 Å². The van der Waals surface area contributed by atoms with Gasteiger partial charge in [0.15, 0.2) is 0 Å². The lowest BCUT2D eigenvalue weighted by Gasteiger charge is -2.51. The maximum atomic E-state index is 10.5. The first-order chi connectivity index (χ1) is 13.0. The predicted octanol–water partition coefficient (Wildman–Crippen LogP) is 5.37. The van der Waals surface area contributed by atoms with Crippen LogP contribution in [0.4, 0.5) is 0 Å². The van der Waals surface area contributed by atoms with E-state index in [0.29, 0.717) is 36.0 Å². The molecule has 154 valence electrons. The maximum Gasteiger partial charge on any atom is 0.115 e. The number of phenols is 1. The summed E-state index contributed by atoms with van der Waals surface area (Å²) in [5, 5.41) is 20.4. The average molecular weight is 395 g/mol. The molecule has 4 heteroatoms. The molecule has 2 saturated carbocycles. The van der Waals surface area contributed by atoms with Crippen molar-refractivity contribution >= 4 is 12.6 Å². The van der Waals surface area contributed by atoms with Crippen molar-refractivity contribution in [1.82, 2.24) is 0 Å². The lowest BCUT2D eigenvalue weighted by Crippen LogP contribution is -2.44. The largest absolute Gasteiger partial charge is 0.508 e. The molecule has 0 spiro atoms. The summed E-state index contributed by atoms with van der Waals surface area (Å²) in [4.78, 5) is 0. The summed E-state index contributed by atoms with van der Waals surface area (Å²) in [7, 11) is 1.76. The minimum Gasteiger partial charge on any atom is -0.508 e. The van der Waals surface area contributed by atoms with Crippen LogP contribution in [0, 0.1) is 17.3 Å². The number of hydrogen-bond donors (Lipinski definition) is 3. The Labute approximate surface area is 170 Å². The molecule has 0 aliphatic heterocycles. The summed E-state index contributed by atoms with van der Waals surface area (Å²) in [6.07, 6.45) is 7.09. The van der Waals surface area contributed by atoms with Gasteiger partial charge in [-0.1, -0.05) is 26.8 Å². The van der Waals surface area contributed by atoms with E-state index in [2.05, 4.69) is 25.6 Å². The summed E-state index contributed by atoms with van der Waals surface area (Å²) in [6.45, 7) is 7.02. The number of aromatic hydroxyl groups is 1. The van der Waals surface area contributed by atoms with Crippen LogP contribution in [0.2, 0.25) is 0 Å². The highest BCUT2D eigenvalue weighted by atomic mass is 32.1. The molecule has 0 bridgehead atoms. The third-order valence-corrected chi connectivity index (χ3v) is 7.22. The van der Waals surface area contributed by atoms with E-state index in [-0.39, 0.29) is 11.5 Å². The molecule has 2 fully saturated rings. The van der Waals surface area contributed by atoms with E-state index < -0.39 is 0 Å². The van der Waals surface area contributed by atoms with Crippen molar-refractivity contribution in [1.29, 1.82) is 0 Å². The van der Waals surface area contributed by atoms with E-state index in [1.54, 1.807) is 13.4 Å². The van der Waals surface area contributed by atoms with Gasteiger partial charge in [0.25, 0.3) is 0 Å². The Kier molecular flexibility index (Phi) is 8.08. The maximum absolute atomic E-state index is 10.5. The van der Waals surface area contributed by atoms with Crippen molar-refractivity contribution < 1.29 is 14.9 Å². The monoisotopic (exact) mass is 394 g/mol. The Morgan fingerprint density at radius 2 is 1.85 bits per heavy atom. The van der Waals surface area contributed by atoms with Gasteiger partial charge in [0.2, 0.25) is 0 Å². The number of phenolic OH excluding ortho intramolecular Hbond substituents is 1. The van der Waals surface area contributed by atoms with Gasteiger partial charge in [-0.2, -0.15) is 12.6 Å². The molecule has 0 saturated heterocycles. The second kappa shape index (κ2) is 9.67. The molecule has 1 aromatic carbocycles. The quantitative estimate of drug-likeness (QED) is 0.591. The second-order valence-electron chi connectivity index (χ2n) is 8.22. The zero-order chi connectivity index (χ0) is 20.2. The Morgan fingerprint density at radius 1 is 1.15 bits per heavy atom. The van der Waals surface area contributed by atoms with Crippen LogP contribution in [0.25, 0.3) is 0 Å². The summed E-state index contributed by atoms with van der Waals surface area (Å²) in [5.74, 6) is 2.58. The van der Waals surface area contributed by atoms with Gasteiger partial charge in [-0.05, 0) is 84.8 Å². The average Bonchev–Trinajstić information content (AvgIpc) is 3.00.